The summed E-state index contributed by atoms with van der Waals surface area (Å²) in [5.74, 6) is -0.238. The molecule has 0 bridgehead atoms. The molecule has 3 rings (SSSR count). The summed E-state index contributed by atoms with van der Waals surface area (Å²) in [7, 11) is 0. The zero-order chi connectivity index (χ0) is 15.1. The van der Waals surface area contributed by atoms with Crippen LogP contribution in [0.3, 0.4) is 0 Å². The van der Waals surface area contributed by atoms with E-state index in [1.54, 1.807) is 6.07 Å². The smallest absolute Gasteiger partial charge is 0.249 e. The maximum Gasteiger partial charge on any atom is 0.249 e. The number of carbonyl (C=O) groups excluding carboxylic acids is 1. The van der Waals surface area contributed by atoms with Crippen molar-refractivity contribution in [2.75, 3.05) is 6.79 Å². The van der Waals surface area contributed by atoms with Crippen LogP contribution in [0.2, 0.25) is 0 Å². The van der Waals surface area contributed by atoms with E-state index in [2.05, 4.69) is 0 Å². The predicted octanol–water partition coefficient (Wildman–Crippen LogP) is -0.526. The number of hydrogen-bond donors (Lipinski definition) is 4. The molecule has 4 atom stereocenters. The topological polar surface area (TPSA) is 122 Å². The highest BCUT2D eigenvalue weighted by Gasteiger charge is 2.37. The molecule has 1 aliphatic heterocycles. The average Bonchev–Trinajstić information content (AvgIpc) is 2.88. The number of amides is 1. The molecule has 1 heterocycles. The first kappa shape index (κ1) is 14.1. The van der Waals surface area contributed by atoms with Gasteiger partial charge in [0.1, 0.15) is 0 Å². The fraction of sp³-hybridized carbons (Fsp3) is 0.500. The Labute approximate surface area is 120 Å². The Hall–Kier alpha value is -1.83. The highest BCUT2D eigenvalue weighted by Crippen LogP contribution is 2.41. The first-order valence-electron chi connectivity index (χ1n) is 6.75. The van der Waals surface area contributed by atoms with Crippen LogP contribution in [0, 0.1) is 0 Å². The van der Waals surface area contributed by atoms with Crippen molar-refractivity contribution in [2.45, 2.75) is 37.1 Å². The van der Waals surface area contributed by atoms with E-state index < -0.39 is 30.1 Å². The van der Waals surface area contributed by atoms with Crippen molar-refractivity contribution >= 4 is 5.91 Å². The van der Waals surface area contributed by atoms with Gasteiger partial charge in [-0.1, -0.05) is 0 Å². The minimum absolute atomic E-state index is 0.0402. The third-order valence-electron chi connectivity index (χ3n) is 4.10. The van der Waals surface area contributed by atoms with Gasteiger partial charge >= 0.3 is 0 Å². The maximum atomic E-state index is 11.6. The van der Waals surface area contributed by atoms with E-state index in [1.165, 1.54) is 6.07 Å². The van der Waals surface area contributed by atoms with Crippen LogP contribution in [-0.2, 0) is 0 Å². The predicted molar refractivity (Wildman–Crippen MR) is 71.1 cm³/mol. The molecule has 1 saturated carbocycles. The van der Waals surface area contributed by atoms with Gasteiger partial charge < -0.3 is 30.5 Å². The minimum Gasteiger partial charge on any atom is -0.454 e. The largest absolute Gasteiger partial charge is 0.454 e. The second kappa shape index (κ2) is 5.18. The molecule has 1 aromatic rings. The summed E-state index contributed by atoms with van der Waals surface area (Å²) in [6.45, 7) is 0.0611. The summed E-state index contributed by atoms with van der Waals surface area (Å²) in [6, 6.07) is 3.10. The van der Waals surface area contributed by atoms with Crippen molar-refractivity contribution in [3.63, 3.8) is 0 Å². The van der Waals surface area contributed by atoms with Crippen LogP contribution in [0.1, 0.15) is 34.7 Å². The number of carbonyl (C=O) groups is 1. The van der Waals surface area contributed by atoms with Crippen LogP contribution < -0.4 is 15.2 Å². The lowest BCUT2D eigenvalue weighted by molar-refractivity contribution is -0.0600. The normalized spacial score (nSPS) is 31.2. The molecule has 7 nitrogen and oxygen atoms in total. The van der Waals surface area contributed by atoms with Gasteiger partial charge in [0, 0.05) is 17.9 Å². The number of nitrogens with two attached hydrogens (primary N) is 1. The molecule has 0 radical (unpaired) electrons. The number of primary amides is 1. The molecule has 1 aliphatic carbocycles. The molecule has 2 aliphatic rings. The van der Waals surface area contributed by atoms with Crippen LogP contribution in [-0.4, -0.2) is 46.3 Å². The summed E-state index contributed by atoms with van der Waals surface area (Å²) in [5, 5.41) is 29.6. The maximum absolute atomic E-state index is 11.6. The number of benzene rings is 1. The molecule has 114 valence electrons. The van der Waals surface area contributed by atoms with Gasteiger partial charge in [-0.3, -0.25) is 4.79 Å². The average molecular weight is 295 g/mol. The molecule has 1 fully saturated rings. The standard InChI is InChI=1S/C14H17NO6/c15-14(19)8-3-13-12(20-5-21-13)2-6(8)7-1-10(17)11(18)4-9(7)16/h2-3,7,9-11,16-18H,1,4-5H2,(H2,15,19)/t7-,9-,10-,11+/m0/s1. The van der Waals surface area contributed by atoms with E-state index in [0.29, 0.717) is 17.1 Å². The quantitative estimate of drug-likeness (QED) is 0.582. The van der Waals surface area contributed by atoms with E-state index in [9.17, 15) is 20.1 Å². The fourth-order valence-electron chi connectivity index (χ4n) is 2.96. The number of aliphatic hydroxyl groups excluding tert-OH is 3. The molecular weight excluding hydrogens is 278 g/mol. The van der Waals surface area contributed by atoms with Gasteiger partial charge in [-0.25, -0.2) is 0 Å². The number of aliphatic hydroxyl groups is 3. The molecule has 1 aromatic carbocycles. The molecule has 7 heteroatoms. The Bertz CT molecular complexity index is 575. The van der Waals surface area contributed by atoms with Crippen molar-refractivity contribution in [1.82, 2.24) is 0 Å². The number of ether oxygens (including phenoxy) is 2. The number of hydrogen-bond acceptors (Lipinski definition) is 6. The molecular formula is C14H17NO6. The summed E-state index contributed by atoms with van der Waals surface area (Å²) in [6.07, 6.45) is -2.62. The Balaban J connectivity index is 2.02. The van der Waals surface area contributed by atoms with E-state index in [0.717, 1.165) is 0 Å². The van der Waals surface area contributed by atoms with Crippen molar-refractivity contribution in [1.29, 1.82) is 0 Å². The zero-order valence-corrected chi connectivity index (χ0v) is 11.2. The lowest BCUT2D eigenvalue weighted by Crippen LogP contribution is -2.41. The molecule has 21 heavy (non-hydrogen) atoms. The molecule has 1 amide bonds. The highest BCUT2D eigenvalue weighted by atomic mass is 16.7. The Morgan fingerprint density at radius 3 is 2.33 bits per heavy atom. The second-order valence-electron chi connectivity index (χ2n) is 5.44. The SMILES string of the molecule is NC(=O)c1cc2c(cc1[C@@H]1C[C@H](O)[C@H](O)C[C@@H]1O)OCO2. The van der Waals surface area contributed by atoms with E-state index >= 15 is 0 Å². The van der Waals surface area contributed by atoms with Crippen LogP contribution in [0.5, 0.6) is 11.5 Å². The molecule has 0 spiro atoms. The first-order chi connectivity index (χ1) is 9.97. The van der Waals surface area contributed by atoms with Crippen LogP contribution in [0.15, 0.2) is 12.1 Å². The fourth-order valence-corrected chi connectivity index (χ4v) is 2.96. The van der Waals surface area contributed by atoms with Gasteiger partial charge in [0.2, 0.25) is 12.7 Å². The molecule has 0 unspecified atom stereocenters. The third kappa shape index (κ3) is 2.44. The third-order valence-corrected chi connectivity index (χ3v) is 4.10. The van der Waals surface area contributed by atoms with Gasteiger partial charge in [0.05, 0.1) is 18.3 Å². The molecule has 0 aromatic heterocycles. The first-order valence-corrected chi connectivity index (χ1v) is 6.75. The Kier molecular flexibility index (Phi) is 3.48. The van der Waals surface area contributed by atoms with Gasteiger partial charge in [-0.2, -0.15) is 0 Å². The van der Waals surface area contributed by atoms with E-state index in [1.807, 2.05) is 0 Å². The minimum atomic E-state index is -0.970. The van der Waals surface area contributed by atoms with Gasteiger partial charge in [-0.05, 0) is 24.1 Å². The van der Waals surface area contributed by atoms with Gasteiger partial charge in [0.25, 0.3) is 0 Å². The van der Waals surface area contributed by atoms with E-state index in [-0.39, 0.29) is 25.2 Å². The lowest BCUT2D eigenvalue weighted by atomic mass is 9.77. The molecule has 5 N–H and O–H groups in total. The van der Waals surface area contributed by atoms with Crippen LogP contribution in [0.4, 0.5) is 0 Å². The summed E-state index contributed by atoms with van der Waals surface area (Å²) in [5.41, 5.74) is 6.13. The number of rotatable bonds is 2. The van der Waals surface area contributed by atoms with Crippen molar-refractivity contribution in [3.05, 3.63) is 23.3 Å². The summed E-state index contributed by atoms with van der Waals surface area (Å²) >= 11 is 0. The summed E-state index contributed by atoms with van der Waals surface area (Å²) in [4.78, 5) is 11.6. The monoisotopic (exact) mass is 295 g/mol. The Morgan fingerprint density at radius 2 is 1.67 bits per heavy atom. The van der Waals surface area contributed by atoms with Crippen LogP contribution >= 0.6 is 0 Å². The van der Waals surface area contributed by atoms with Crippen molar-refractivity contribution in [3.8, 4) is 11.5 Å². The summed E-state index contributed by atoms with van der Waals surface area (Å²) < 4.78 is 10.5. The number of fused-ring (bicyclic) bond motifs is 1. The second-order valence-corrected chi connectivity index (χ2v) is 5.44. The van der Waals surface area contributed by atoms with Crippen molar-refractivity contribution in [2.24, 2.45) is 5.73 Å². The van der Waals surface area contributed by atoms with Crippen molar-refractivity contribution < 1.29 is 29.6 Å². The van der Waals surface area contributed by atoms with Crippen LogP contribution in [0.25, 0.3) is 0 Å². The van der Waals surface area contributed by atoms with E-state index in [4.69, 9.17) is 15.2 Å². The Morgan fingerprint density at radius 1 is 1.05 bits per heavy atom. The van der Waals surface area contributed by atoms with Gasteiger partial charge in [0.15, 0.2) is 11.5 Å². The lowest BCUT2D eigenvalue weighted by Gasteiger charge is -2.35. The highest BCUT2D eigenvalue weighted by molar-refractivity contribution is 5.95. The van der Waals surface area contributed by atoms with Gasteiger partial charge in [-0.15, -0.1) is 0 Å². The zero-order valence-electron chi connectivity index (χ0n) is 11.2. The molecule has 0 saturated heterocycles.